The first-order valence-electron chi connectivity index (χ1n) is 5.55. The molecule has 3 nitrogen and oxygen atoms in total. The molecule has 1 saturated heterocycles. The standard InChI is InChI=1S/C12H14FNO2S/c13-8-3-4-10(11(15)6-8)12(16)14-7-9-2-1-5-17-9/h3-4,6,9,15H,1-2,5,7H2,(H,14,16). The number of halogens is 1. The largest absolute Gasteiger partial charge is 0.507 e. The summed E-state index contributed by atoms with van der Waals surface area (Å²) < 4.78 is 12.7. The highest BCUT2D eigenvalue weighted by Gasteiger charge is 2.18. The Morgan fingerprint density at radius 2 is 2.41 bits per heavy atom. The molecule has 0 bridgehead atoms. The molecule has 1 unspecified atom stereocenters. The lowest BCUT2D eigenvalue weighted by atomic mass is 10.2. The number of aromatic hydroxyl groups is 1. The van der Waals surface area contributed by atoms with Crippen LogP contribution >= 0.6 is 11.8 Å². The van der Waals surface area contributed by atoms with E-state index in [0.717, 1.165) is 18.2 Å². The maximum atomic E-state index is 12.7. The van der Waals surface area contributed by atoms with Crippen molar-refractivity contribution in [2.45, 2.75) is 18.1 Å². The van der Waals surface area contributed by atoms with Gasteiger partial charge in [0.1, 0.15) is 11.6 Å². The van der Waals surface area contributed by atoms with E-state index in [1.165, 1.54) is 18.6 Å². The SMILES string of the molecule is O=C(NCC1CCCS1)c1ccc(F)cc1O. The molecule has 1 atom stereocenters. The van der Waals surface area contributed by atoms with Gasteiger partial charge >= 0.3 is 0 Å². The number of carbonyl (C=O) groups is 1. The number of phenolic OH excluding ortho intramolecular Hbond substituents is 1. The predicted molar refractivity (Wildman–Crippen MR) is 65.9 cm³/mol. The molecule has 92 valence electrons. The number of rotatable bonds is 3. The molecule has 1 aromatic rings. The van der Waals surface area contributed by atoms with Crippen LogP contribution in [0.4, 0.5) is 4.39 Å². The van der Waals surface area contributed by atoms with Crippen molar-refractivity contribution in [2.75, 3.05) is 12.3 Å². The number of thioether (sulfide) groups is 1. The normalized spacial score (nSPS) is 19.2. The zero-order valence-electron chi connectivity index (χ0n) is 9.28. The third-order valence-corrected chi connectivity index (χ3v) is 4.12. The first-order valence-corrected chi connectivity index (χ1v) is 6.60. The summed E-state index contributed by atoms with van der Waals surface area (Å²) in [6.45, 7) is 0.598. The fourth-order valence-electron chi connectivity index (χ4n) is 1.80. The Balaban J connectivity index is 1.94. The van der Waals surface area contributed by atoms with Gasteiger partial charge in [-0.05, 0) is 30.7 Å². The van der Waals surface area contributed by atoms with Crippen molar-refractivity contribution in [1.29, 1.82) is 0 Å². The zero-order chi connectivity index (χ0) is 12.3. The highest BCUT2D eigenvalue weighted by Crippen LogP contribution is 2.25. The van der Waals surface area contributed by atoms with Gasteiger partial charge in [0.25, 0.3) is 5.91 Å². The lowest BCUT2D eigenvalue weighted by Crippen LogP contribution is -2.29. The molecule has 0 radical (unpaired) electrons. The Morgan fingerprint density at radius 1 is 1.59 bits per heavy atom. The maximum Gasteiger partial charge on any atom is 0.255 e. The molecule has 2 N–H and O–H groups in total. The van der Waals surface area contributed by atoms with Crippen LogP contribution in [0.5, 0.6) is 5.75 Å². The molecular weight excluding hydrogens is 241 g/mol. The minimum absolute atomic E-state index is 0.120. The summed E-state index contributed by atoms with van der Waals surface area (Å²) in [4.78, 5) is 11.7. The summed E-state index contributed by atoms with van der Waals surface area (Å²) in [5, 5.41) is 12.7. The van der Waals surface area contributed by atoms with E-state index in [0.29, 0.717) is 11.8 Å². The Hall–Kier alpha value is -1.23. The maximum absolute atomic E-state index is 12.7. The quantitative estimate of drug-likeness (QED) is 0.870. The van der Waals surface area contributed by atoms with Crippen molar-refractivity contribution >= 4 is 17.7 Å². The van der Waals surface area contributed by atoms with E-state index in [1.54, 1.807) is 0 Å². The monoisotopic (exact) mass is 255 g/mol. The predicted octanol–water partition coefficient (Wildman–Crippen LogP) is 2.16. The van der Waals surface area contributed by atoms with E-state index in [4.69, 9.17) is 0 Å². The van der Waals surface area contributed by atoms with Crippen LogP contribution < -0.4 is 5.32 Å². The second-order valence-electron chi connectivity index (χ2n) is 4.01. The van der Waals surface area contributed by atoms with Crippen molar-refractivity contribution in [2.24, 2.45) is 0 Å². The van der Waals surface area contributed by atoms with E-state index in [2.05, 4.69) is 5.32 Å². The molecule has 1 aliphatic rings. The average molecular weight is 255 g/mol. The molecular formula is C12H14FNO2S. The van der Waals surface area contributed by atoms with Crippen molar-refractivity contribution in [1.82, 2.24) is 5.32 Å². The van der Waals surface area contributed by atoms with Crippen LogP contribution in [0.1, 0.15) is 23.2 Å². The number of nitrogens with one attached hydrogen (secondary N) is 1. The summed E-state index contributed by atoms with van der Waals surface area (Å²) >= 11 is 1.85. The van der Waals surface area contributed by atoms with Gasteiger partial charge in [-0.25, -0.2) is 4.39 Å². The second-order valence-corrected chi connectivity index (χ2v) is 5.41. The third kappa shape index (κ3) is 3.12. The summed E-state index contributed by atoms with van der Waals surface area (Å²) in [7, 11) is 0. The lowest BCUT2D eigenvalue weighted by Gasteiger charge is -2.10. The molecule has 1 heterocycles. The molecule has 17 heavy (non-hydrogen) atoms. The lowest BCUT2D eigenvalue weighted by molar-refractivity contribution is 0.0951. The Labute approximate surface area is 103 Å². The molecule has 5 heteroatoms. The van der Waals surface area contributed by atoms with Gasteiger partial charge in [-0.2, -0.15) is 11.8 Å². The van der Waals surface area contributed by atoms with Crippen LogP contribution in [0.15, 0.2) is 18.2 Å². The highest BCUT2D eigenvalue weighted by molar-refractivity contribution is 8.00. The van der Waals surface area contributed by atoms with Crippen LogP contribution in [0.2, 0.25) is 0 Å². The zero-order valence-corrected chi connectivity index (χ0v) is 10.1. The highest BCUT2D eigenvalue weighted by atomic mass is 32.2. The Bertz CT molecular complexity index is 419. The fourth-order valence-corrected chi connectivity index (χ4v) is 3.01. The van der Waals surface area contributed by atoms with Crippen molar-refractivity contribution in [3.05, 3.63) is 29.6 Å². The number of amides is 1. The number of hydrogen-bond acceptors (Lipinski definition) is 3. The molecule has 0 spiro atoms. The second kappa shape index (κ2) is 5.40. The molecule has 0 saturated carbocycles. The minimum atomic E-state index is -0.551. The molecule has 1 aromatic carbocycles. The van der Waals surface area contributed by atoms with Gasteiger partial charge in [0.05, 0.1) is 5.56 Å². The summed E-state index contributed by atoms with van der Waals surface area (Å²) in [6.07, 6.45) is 2.30. The van der Waals surface area contributed by atoms with Crippen LogP contribution in [0.25, 0.3) is 0 Å². The van der Waals surface area contributed by atoms with Crippen LogP contribution in [-0.2, 0) is 0 Å². The summed E-state index contributed by atoms with van der Waals surface area (Å²) in [5.41, 5.74) is 0.120. The van der Waals surface area contributed by atoms with Crippen molar-refractivity contribution in [3.8, 4) is 5.75 Å². The third-order valence-electron chi connectivity index (χ3n) is 2.72. The molecule has 0 aromatic heterocycles. The molecule has 2 rings (SSSR count). The smallest absolute Gasteiger partial charge is 0.255 e. The van der Waals surface area contributed by atoms with E-state index in [9.17, 15) is 14.3 Å². The number of hydrogen-bond donors (Lipinski definition) is 2. The molecule has 0 aliphatic carbocycles. The van der Waals surface area contributed by atoms with Gasteiger partial charge in [-0.15, -0.1) is 0 Å². The summed E-state index contributed by atoms with van der Waals surface area (Å²) in [6, 6.07) is 3.40. The van der Waals surface area contributed by atoms with Gasteiger partial charge < -0.3 is 10.4 Å². The number of benzene rings is 1. The van der Waals surface area contributed by atoms with Gasteiger partial charge in [0.2, 0.25) is 0 Å². The Morgan fingerprint density at radius 3 is 3.06 bits per heavy atom. The molecule has 1 amide bonds. The van der Waals surface area contributed by atoms with Crippen molar-refractivity contribution < 1.29 is 14.3 Å². The van der Waals surface area contributed by atoms with E-state index >= 15 is 0 Å². The van der Waals surface area contributed by atoms with E-state index in [-0.39, 0.29) is 17.2 Å². The van der Waals surface area contributed by atoms with Gasteiger partial charge in [-0.3, -0.25) is 4.79 Å². The van der Waals surface area contributed by atoms with Gasteiger partial charge in [0, 0.05) is 17.9 Å². The molecule has 1 aliphatic heterocycles. The van der Waals surface area contributed by atoms with Crippen molar-refractivity contribution in [3.63, 3.8) is 0 Å². The van der Waals surface area contributed by atoms with E-state index < -0.39 is 5.82 Å². The topological polar surface area (TPSA) is 49.3 Å². The van der Waals surface area contributed by atoms with Crippen LogP contribution in [0, 0.1) is 5.82 Å². The van der Waals surface area contributed by atoms with E-state index in [1.807, 2.05) is 11.8 Å². The first-order chi connectivity index (χ1) is 8.16. The average Bonchev–Trinajstić information content (AvgIpc) is 2.78. The van der Waals surface area contributed by atoms with Crippen LogP contribution in [0.3, 0.4) is 0 Å². The van der Waals surface area contributed by atoms with Gasteiger partial charge in [-0.1, -0.05) is 0 Å². The first kappa shape index (κ1) is 12.2. The summed E-state index contributed by atoms with van der Waals surface area (Å²) in [5.74, 6) is -0.0792. The Kier molecular flexibility index (Phi) is 3.89. The minimum Gasteiger partial charge on any atom is -0.507 e. The van der Waals surface area contributed by atoms with Crippen LogP contribution in [-0.4, -0.2) is 28.6 Å². The number of phenols is 1. The number of carbonyl (C=O) groups excluding carboxylic acids is 1. The van der Waals surface area contributed by atoms with Gasteiger partial charge in [0.15, 0.2) is 0 Å². The fraction of sp³-hybridized carbons (Fsp3) is 0.417. The molecule has 1 fully saturated rings.